The van der Waals surface area contributed by atoms with Gasteiger partial charge in [-0.25, -0.2) is 4.98 Å². The van der Waals surface area contributed by atoms with Gasteiger partial charge >= 0.3 is 0 Å². The van der Waals surface area contributed by atoms with E-state index in [2.05, 4.69) is 10.1 Å². The highest BCUT2D eigenvalue weighted by Crippen LogP contribution is 2.28. The third-order valence-corrected chi connectivity index (χ3v) is 5.70. The van der Waals surface area contributed by atoms with Gasteiger partial charge in [0.25, 0.3) is 17.5 Å². The molecule has 0 aliphatic carbocycles. The van der Waals surface area contributed by atoms with Crippen LogP contribution in [0.3, 0.4) is 0 Å². The van der Waals surface area contributed by atoms with Crippen molar-refractivity contribution in [2.45, 2.75) is 25.9 Å². The maximum absolute atomic E-state index is 13.4. The van der Waals surface area contributed by atoms with E-state index in [4.69, 9.17) is 13.7 Å². The molecule has 3 aromatic rings. The molecule has 30 heavy (non-hydrogen) atoms. The van der Waals surface area contributed by atoms with Crippen LogP contribution in [0.15, 0.2) is 33.4 Å². The van der Waals surface area contributed by atoms with Crippen LogP contribution >= 0.6 is 0 Å². The van der Waals surface area contributed by atoms with E-state index in [0.29, 0.717) is 66.6 Å². The van der Waals surface area contributed by atoms with Crippen LogP contribution in [-0.2, 0) is 9.53 Å². The van der Waals surface area contributed by atoms with Crippen LogP contribution < -0.4 is 0 Å². The van der Waals surface area contributed by atoms with Gasteiger partial charge in [0.05, 0.1) is 22.9 Å². The number of nitrogens with zero attached hydrogens (tertiary/aromatic N) is 4. The number of piperazine rings is 1. The van der Waals surface area contributed by atoms with E-state index < -0.39 is 0 Å². The summed E-state index contributed by atoms with van der Waals surface area (Å²) in [5, 5.41) is 4.58. The lowest BCUT2D eigenvalue weighted by Crippen LogP contribution is -2.52. The van der Waals surface area contributed by atoms with Crippen LogP contribution in [0.4, 0.5) is 0 Å². The number of rotatable bonds is 3. The van der Waals surface area contributed by atoms with Gasteiger partial charge in [0.1, 0.15) is 11.8 Å². The SMILES string of the molecule is Cc1noc2nc(-c3ccco3)cc(C(=O)N3CCN(C(=O)C4CCCO4)CC3)c12. The van der Waals surface area contributed by atoms with Crippen LogP contribution in [0.1, 0.15) is 28.9 Å². The van der Waals surface area contributed by atoms with Crippen molar-refractivity contribution in [2.24, 2.45) is 0 Å². The number of hydrogen-bond donors (Lipinski definition) is 0. The molecule has 2 fully saturated rings. The molecular formula is C21H22N4O5. The summed E-state index contributed by atoms with van der Waals surface area (Å²) < 4.78 is 16.3. The zero-order valence-corrected chi connectivity index (χ0v) is 16.7. The van der Waals surface area contributed by atoms with Crippen molar-refractivity contribution in [2.75, 3.05) is 32.8 Å². The number of fused-ring (bicyclic) bond motifs is 1. The lowest BCUT2D eigenvalue weighted by atomic mass is 10.1. The summed E-state index contributed by atoms with van der Waals surface area (Å²) in [5.74, 6) is 0.443. The number of carbonyl (C=O) groups excluding carboxylic acids is 2. The fourth-order valence-corrected chi connectivity index (χ4v) is 4.09. The van der Waals surface area contributed by atoms with Crippen molar-refractivity contribution in [3.63, 3.8) is 0 Å². The number of pyridine rings is 1. The summed E-state index contributed by atoms with van der Waals surface area (Å²) in [4.78, 5) is 33.9. The van der Waals surface area contributed by atoms with Crippen LogP contribution in [-0.4, -0.2) is 70.6 Å². The molecule has 2 aliphatic rings. The Labute approximate surface area is 172 Å². The minimum Gasteiger partial charge on any atom is -0.463 e. The zero-order valence-electron chi connectivity index (χ0n) is 16.7. The summed E-state index contributed by atoms with van der Waals surface area (Å²) in [6.07, 6.45) is 2.92. The minimum atomic E-state index is -0.331. The van der Waals surface area contributed by atoms with E-state index in [1.165, 1.54) is 0 Å². The van der Waals surface area contributed by atoms with Gasteiger partial charge in [0.2, 0.25) is 0 Å². The average Bonchev–Trinajstić information content (AvgIpc) is 3.54. The van der Waals surface area contributed by atoms with Crippen molar-refractivity contribution in [1.82, 2.24) is 19.9 Å². The topological polar surface area (TPSA) is 102 Å². The Morgan fingerprint density at radius 1 is 1.17 bits per heavy atom. The lowest BCUT2D eigenvalue weighted by molar-refractivity contribution is -0.142. The number of hydrogen-bond acceptors (Lipinski definition) is 7. The van der Waals surface area contributed by atoms with Gasteiger partial charge in [-0.2, -0.15) is 0 Å². The van der Waals surface area contributed by atoms with Crippen molar-refractivity contribution < 1.29 is 23.3 Å². The number of carbonyl (C=O) groups is 2. The predicted octanol–water partition coefficient (Wildman–Crippen LogP) is 2.25. The second kappa shape index (κ2) is 7.56. The van der Waals surface area contributed by atoms with Crippen molar-refractivity contribution >= 4 is 22.9 Å². The van der Waals surface area contributed by atoms with E-state index in [0.717, 1.165) is 12.8 Å². The molecule has 0 radical (unpaired) electrons. The molecule has 3 aromatic heterocycles. The summed E-state index contributed by atoms with van der Waals surface area (Å²) in [6.45, 7) is 4.33. The molecule has 5 rings (SSSR count). The van der Waals surface area contributed by atoms with Crippen LogP contribution in [0, 0.1) is 6.92 Å². The molecule has 1 unspecified atom stereocenters. The Morgan fingerprint density at radius 3 is 2.67 bits per heavy atom. The van der Waals surface area contributed by atoms with Crippen molar-refractivity contribution in [3.8, 4) is 11.5 Å². The molecule has 9 heteroatoms. The Hall–Kier alpha value is -3.20. The van der Waals surface area contributed by atoms with Gasteiger partial charge in [0.15, 0.2) is 5.76 Å². The molecule has 9 nitrogen and oxygen atoms in total. The molecule has 2 aliphatic heterocycles. The summed E-state index contributed by atoms with van der Waals surface area (Å²) in [6, 6.07) is 5.26. The summed E-state index contributed by atoms with van der Waals surface area (Å²) >= 11 is 0. The first-order chi connectivity index (χ1) is 14.6. The molecule has 0 spiro atoms. The van der Waals surface area contributed by atoms with Crippen molar-refractivity contribution in [3.05, 3.63) is 35.7 Å². The average molecular weight is 410 g/mol. The lowest BCUT2D eigenvalue weighted by Gasteiger charge is -2.35. The quantitative estimate of drug-likeness (QED) is 0.653. The van der Waals surface area contributed by atoms with E-state index in [1.807, 2.05) is 0 Å². The van der Waals surface area contributed by atoms with Gasteiger partial charge in [-0.1, -0.05) is 5.16 Å². The monoisotopic (exact) mass is 410 g/mol. The fourth-order valence-electron chi connectivity index (χ4n) is 4.09. The third-order valence-electron chi connectivity index (χ3n) is 5.70. The maximum atomic E-state index is 13.4. The van der Waals surface area contributed by atoms with Gasteiger partial charge in [-0.15, -0.1) is 0 Å². The molecule has 2 amide bonds. The smallest absolute Gasteiger partial charge is 0.259 e. The molecule has 0 saturated carbocycles. The second-order valence-electron chi connectivity index (χ2n) is 7.60. The first kappa shape index (κ1) is 18.8. The first-order valence-electron chi connectivity index (χ1n) is 10.1. The first-order valence-corrected chi connectivity index (χ1v) is 10.1. The van der Waals surface area contributed by atoms with E-state index >= 15 is 0 Å². The van der Waals surface area contributed by atoms with Crippen LogP contribution in [0.5, 0.6) is 0 Å². The van der Waals surface area contributed by atoms with Gasteiger partial charge in [0, 0.05) is 32.8 Å². The van der Waals surface area contributed by atoms with Gasteiger partial charge < -0.3 is 23.5 Å². The predicted molar refractivity (Wildman–Crippen MR) is 106 cm³/mol. The molecule has 5 heterocycles. The minimum absolute atomic E-state index is 0.0286. The van der Waals surface area contributed by atoms with Gasteiger partial charge in [-0.05, 0) is 38.0 Å². The second-order valence-corrected chi connectivity index (χ2v) is 7.60. The van der Waals surface area contributed by atoms with E-state index in [9.17, 15) is 9.59 Å². The number of furan rings is 1. The maximum Gasteiger partial charge on any atom is 0.259 e. The molecule has 0 aromatic carbocycles. The molecule has 1 atom stereocenters. The van der Waals surface area contributed by atoms with E-state index in [-0.39, 0.29) is 17.9 Å². The fraction of sp³-hybridized carbons (Fsp3) is 0.429. The highest BCUT2D eigenvalue weighted by molar-refractivity contribution is 6.07. The molecular weight excluding hydrogens is 388 g/mol. The number of ether oxygens (including phenoxy) is 1. The Kier molecular flexibility index (Phi) is 4.74. The molecule has 2 saturated heterocycles. The number of amides is 2. The third kappa shape index (κ3) is 3.24. The highest BCUT2D eigenvalue weighted by atomic mass is 16.5. The Bertz CT molecular complexity index is 1080. The normalized spacial score (nSPS) is 19.6. The molecule has 0 N–H and O–H groups in total. The molecule has 156 valence electrons. The molecule has 0 bridgehead atoms. The number of aromatic nitrogens is 2. The Balaban J connectivity index is 1.38. The van der Waals surface area contributed by atoms with Crippen LogP contribution in [0.2, 0.25) is 0 Å². The van der Waals surface area contributed by atoms with Crippen molar-refractivity contribution in [1.29, 1.82) is 0 Å². The number of aryl methyl sites for hydroxylation is 1. The largest absolute Gasteiger partial charge is 0.463 e. The standard InChI is InChI=1S/C21H22N4O5/c1-13-18-14(12-15(16-4-2-10-28-16)22-19(18)30-23-13)20(26)24-6-8-25(9-7-24)21(27)17-5-3-11-29-17/h2,4,10,12,17H,3,5-9,11H2,1H3. The summed E-state index contributed by atoms with van der Waals surface area (Å²) in [7, 11) is 0. The van der Waals surface area contributed by atoms with Crippen LogP contribution in [0.25, 0.3) is 22.6 Å². The van der Waals surface area contributed by atoms with Gasteiger partial charge in [-0.3, -0.25) is 9.59 Å². The zero-order chi connectivity index (χ0) is 20.7. The Morgan fingerprint density at radius 2 is 1.97 bits per heavy atom. The summed E-state index contributed by atoms with van der Waals surface area (Å²) in [5.41, 5.74) is 1.90. The van der Waals surface area contributed by atoms with E-state index in [1.54, 1.807) is 41.2 Å². The highest BCUT2D eigenvalue weighted by Gasteiger charge is 2.32.